The maximum absolute atomic E-state index is 5.69. The Labute approximate surface area is 365 Å². The van der Waals surface area contributed by atoms with Crippen LogP contribution in [0.15, 0.2) is 194 Å². The molecule has 8 aromatic rings. The van der Waals surface area contributed by atoms with Gasteiger partial charge >= 0.3 is 0 Å². The number of ether oxygens (including phenoxy) is 1. The number of hydrogen-bond acceptors (Lipinski definition) is 2. The summed E-state index contributed by atoms with van der Waals surface area (Å²) in [5, 5.41) is 2.62. The fourth-order valence-electron chi connectivity index (χ4n) is 5.19. The second-order valence-corrected chi connectivity index (χ2v) is 13.4. The molecule has 7 aromatic carbocycles. The maximum atomic E-state index is 5.69. The van der Waals surface area contributed by atoms with Gasteiger partial charge in [0.1, 0.15) is 11.5 Å². The number of benzene rings is 7. The Morgan fingerprint density at radius 3 is 0.783 bits per heavy atom. The zero-order valence-corrected chi connectivity index (χ0v) is 38.8. The minimum absolute atomic E-state index is 0.879. The quantitative estimate of drug-likeness (QED) is 0.178. The number of fused-ring (bicyclic) bond motifs is 1. The van der Waals surface area contributed by atoms with Crippen LogP contribution in [-0.4, -0.2) is 4.98 Å². The summed E-state index contributed by atoms with van der Waals surface area (Å²) < 4.78 is 5.69. The summed E-state index contributed by atoms with van der Waals surface area (Å²) in [6.07, 6.45) is 0. The van der Waals surface area contributed by atoms with Gasteiger partial charge in [-0.2, -0.15) is 0 Å². The van der Waals surface area contributed by atoms with Gasteiger partial charge in [0.05, 0.1) is 0 Å². The highest BCUT2D eigenvalue weighted by molar-refractivity contribution is 5.82. The summed E-state index contributed by atoms with van der Waals surface area (Å²) in [5.74, 6) is 1.76. The van der Waals surface area contributed by atoms with Gasteiger partial charge in [0, 0.05) is 11.4 Å². The third-order valence-corrected chi connectivity index (χ3v) is 8.34. The molecule has 1 aromatic heterocycles. The zero-order valence-electron chi connectivity index (χ0n) is 38.8. The monoisotopic (exact) mass is 798 g/mol. The summed E-state index contributed by atoms with van der Waals surface area (Å²) in [7, 11) is 0. The van der Waals surface area contributed by atoms with Crippen molar-refractivity contribution < 1.29 is 4.74 Å². The SMILES string of the molecule is CC.CC.CC.Cc1ccc(-c2ccc(C)cc2)cc1.Cc1ccc(Oc2ccc(C)cc2)cc1.Cc1cccc(C)n1.Cc1ccccc1.c1ccc2ccccc2c1. The van der Waals surface area contributed by atoms with Crippen LogP contribution in [0, 0.1) is 48.5 Å². The van der Waals surface area contributed by atoms with Gasteiger partial charge in [0.25, 0.3) is 0 Å². The van der Waals surface area contributed by atoms with Gasteiger partial charge in [0.15, 0.2) is 0 Å². The van der Waals surface area contributed by atoms with Crippen LogP contribution in [0.25, 0.3) is 21.9 Å². The van der Waals surface area contributed by atoms with E-state index in [2.05, 4.69) is 149 Å². The predicted molar refractivity (Wildman–Crippen MR) is 267 cm³/mol. The Balaban J connectivity index is 0.000000372. The molecule has 2 heteroatoms. The fourth-order valence-corrected chi connectivity index (χ4v) is 5.19. The van der Waals surface area contributed by atoms with Crippen molar-refractivity contribution in [2.45, 2.75) is 90.0 Å². The molecule has 0 aliphatic rings. The van der Waals surface area contributed by atoms with E-state index in [1.54, 1.807) is 0 Å². The van der Waals surface area contributed by atoms with E-state index in [0.29, 0.717) is 0 Å². The highest BCUT2D eigenvalue weighted by atomic mass is 16.5. The molecule has 0 amide bonds. The van der Waals surface area contributed by atoms with Crippen LogP contribution in [0.1, 0.15) is 80.7 Å². The van der Waals surface area contributed by atoms with Crippen molar-refractivity contribution in [3.05, 3.63) is 233 Å². The molecule has 0 saturated heterocycles. The largest absolute Gasteiger partial charge is 0.457 e. The molecule has 0 fully saturated rings. The first-order valence-electron chi connectivity index (χ1n) is 21.5. The van der Waals surface area contributed by atoms with E-state index in [9.17, 15) is 0 Å². The highest BCUT2D eigenvalue weighted by Gasteiger charge is 1.97. The molecule has 0 aliphatic heterocycles. The van der Waals surface area contributed by atoms with Crippen molar-refractivity contribution in [2.75, 3.05) is 0 Å². The minimum Gasteiger partial charge on any atom is -0.457 e. The second kappa shape index (κ2) is 31.7. The average molecular weight is 798 g/mol. The van der Waals surface area contributed by atoms with Crippen LogP contribution in [0.5, 0.6) is 11.5 Å². The molecule has 60 heavy (non-hydrogen) atoms. The van der Waals surface area contributed by atoms with Gasteiger partial charge in [0.2, 0.25) is 0 Å². The molecular weight excluding hydrogens is 727 g/mol. The van der Waals surface area contributed by atoms with Crippen molar-refractivity contribution >= 4 is 10.8 Å². The Morgan fingerprint density at radius 1 is 0.267 bits per heavy atom. The second-order valence-electron chi connectivity index (χ2n) is 13.4. The van der Waals surface area contributed by atoms with Crippen LogP contribution >= 0.6 is 0 Å². The minimum atomic E-state index is 0.879. The summed E-state index contributed by atoms with van der Waals surface area (Å²) in [4.78, 5) is 4.17. The Kier molecular flexibility index (Phi) is 27.4. The van der Waals surface area contributed by atoms with Crippen molar-refractivity contribution in [3.8, 4) is 22.6 Å². The standard InChI is InChI=1S/C14H14O.C14H14.C10H8.C7H9N.C7H8.3C2H6/c1-11-3-7-13(8-4-11)15-14-9-5-12(2)6-10-14;1-11-3-7-13(8-4-11)14-9-5-12(2)6-10-14;1-2-6-10-8-4-3-7-9(10)5-1;1-6-4-3-5-7(2)8-6;1-7-5-3-2-4-6-7;3*1-2/h3-10H,1-2H3;3-10H,1-2H3;1-8H;3-5H,1-2H3;2-6H,1H3;3*1-2H3. The van der Waals surface area contributed by atoms with Crippen LogP contribution in [0.3, 0.4) is 0 Å². The summed E-state index contributed by atoms with van der Waals surface area (Å²) in [5.41, 5.74) is 11.2. The normalized spacial score (nSPS) is 9.08. The predicted octanol–water partition coefficient (Wildman–Crippen LogP) is 17.7. The molecule has 0 spiro atoms. The smallest absolute Gasteiger partial charge is 0.127 e. The maximum Gasteiger partial charge on any atom is 0.127 e. The third kappa shape index (κ3) is 22.0. The number of aryl methyl sites for hydroxylation is 7. The number of aromatic nitrogens is 1. The van der Waals surface area contributed by atoms with Gasteiger partial charge in [-0.05, 0) is 107 Å². The van der Waals surface area contributed by atoms with E-state index >= 15 is 0 Å². The first-order valence-corrected chi connectivity index (χ1v) is 21.5. The van der Waals surface area contributed by atoms with Crippen LogP contribution in [0.2, 0.25) is 0 Å². The zero-order chi connectivity index (χ0) is 44.5. The number of nitrogens with zero attached hydrogens (tertiary/aromatic N) is 1. The van der Waals surface area contributed by atoms with E-state index in [1.807, 2.05) is 140 Å². The van der Waals surface area contributed by atoms with E-state index in [4.69, 9.17) is 4.74 Å². The van der Waals surface area contributed by atoms with Gasteiger partial charge in [-0.25, -0.2) is 0 Å². The highest BCUT2D eigenvalue weighted by Crippen LogP contribution is 2.22. The van der Waals surface area contributed by atoms with Crippen molar-refractivity contribution in [1.82, 2.24) is 4.98 Å². The van der Waals surface area contributed by atoms with Crippen LogP contribution in [-0.2, 0) is 0 Å². The lowest BCUT2D eigenvalue weighted by atomic mass is 10.0. The summed E-state index contributed by atoms with van der Waals surface area (Å²) in [6, 6.07) is 66.3. The molecule has 2 nitrogen and oxygen atoms in total. The Bertz CT molecular complexity index is 2050. The lowest BCUT2D eigenvalue weighted by Gasteiger charge is -2.05. The van der Waals surface area contributed by atoms with Crippen LogP contribution < -0.4 is 4.74 Å². The first kappa shape index (κ1) is 51.8. The molecule has 8 rings (SSSR count). The molecule has 0 aliphatic carbocycles. The number of hydrogen-bond donors (Lipinski definition) is 0. The van der Waals surface area contributed by atoms with Crippen LogP contribution in [0.4, 0.5) is 0 Å². The summed E-state index contributed by atoms with van der Waals surface area (Å²) in [6.45, 7) is 26.4. The lowest BCUT2D eigenvalue weighted by Crippen LogP contribution is -1.84. The topological polar surface area (TPSA) is 22.1 Å². The first-order chi connectivity index (χ1) is 29.1. The van der Waals surface area contributed by atoms with E-state index in [-0.39, 0.29) is 0 Å². The molecule has 0 atom stereocenters. The Morgan fingerprint density at radius 2 is 0.533 bits per heavy atom. The fraction of sp³-hybridized carbons (Fsp3) is 0.224. The number of pyridine rings is 1. The average Bonchev–Trinajstić information content (AvgIpc) is 3.29. The molecule has 0 unspecified atom stereocenters. The molecule has 0 saturated carbocycles. The molecule has 0 N–H and O–H groups in total. The Hall–Kier alpha value is -6.25. The lowest BCUT2D eigenvalue weighted by molar-refractivity contribution is 0.482. The number of rotatable bonds is 3. The van der Waals surface area contributed by atoms with Crippen molar-refractivity contribution in [3.63, 3.8) is 0 Å². The van der Waals surface area contributed by atoms with Crippen molar-refractivity contribution in [1.29, 1.82) is 0 Å². The van der Waals surface area contributed by atoms with Gasteiger partial charge in [-0.15, -0.1) is 0 Å². The van der Waals surface area contributed by atoms with Gasteiger partial charge in [-0.3, -0.25) is 4.98 Å². The molecule has 0 bridgehead atoms. The summed E-state index contributed by atoms with van der Waals surface area (Å²) >= 11 is 0. The van der Waals surface area contributed by atoms with Gasteiger partial charge in [-0.1, -0.05) is 227 Å². The molecule has 314 valence electrons. The molecular formula is C58H71NO. The van der Waals surface area contributed by atoms with E-state index in [1.165, 1.54) is 49.7 Å². The van der Waals surface area contributed by atoms with Gasteiger partial charge < -0.3 is 4.74 Å². The van der Waals surface area contributed by atoms with Crippen molar-refractivity contribution in [2.24, 2.45) is 0 Å². The third-order valence-electron chi connectivity index (χ3n) is 8.34. The molecule has 0 radical (unpaired) electrons. The van der Waals surface area contributed by atoms with E-state index < -0.39 is 0 Å². The molecule has 1 heterocycles. The van der Waals surface area contributed by atoms with E-state index in [0.717, 1.165) is 22.9 Å².